The zero-order valence-corrected chi connectivity index (χ0v) is 9.94. The standard InChI is InChI=1S/C10H16N4O3/c1-4(2)7-8(15)6(9(16)12-7)5(3)13-14-10(11)17/h4,7,15H,1-3H3,(H,12,16)(H3,11,14,17)/b13-5-/t7-/m1/s1. The van der Waals surface area contributed by atoms with Crippen molar-refractivity contribution in [2.24, 2.45) is 16.8 Å². The predicted molar refractivity (Wildman–Crippen MR) is 62.3 cm³/mol. The van der Waals surface area contributed by atoms with Gasteiger partial charge >= 0.3 is 6.03 Å². The van der Waals surface area contributed by atoms with Crippen molar-refractivity contribution >= 4 is 17.6 Å². The van der Waals surface area contributed by atoms with E-state index in [-0.39, 0.29) is 23.0 Å². The lowest BCUT2D eigenvalue weighted by molar-refractivity contribution is -0.116. The van der Waals surface area contributed by atoms with Gasteiger partial charge in [0.05, 0.1) is 11.8 Å². The van der Waals surface area contributed by atoms with Crippen molar-refractivity contribution in [3.63, 3.8) is 0 Å². The summed E-state index contributed by atoms with van der Waals surface area (Å²) in [4.78, 5) is 22.1. The van der Waals surface area contributed by atoms with Gasteiger partial charge in [-0.2, -0.15) is 5.10 Å². The molecule has 0 unspecified atom stereocenters. The average Bonchev–Trinajstić information content (AvgIpc) is 2.51. The summed E-state index contributed by atoms with van der Waals surface area (Å²) >= 11 is 0. The Morgan fingerprint density at radius 2 is 2.18 bits per heavy atom. The molecule has 0 saturated heterocycles. The maximum Gasteiger partial charge on any atom is 0.332 e. The molecule has 0 aromatic rings. The van der Waals surface area contributed by atoms with Gasteiger partial charge in [-0.25, -0.2) is 10.2 Å². The van der Waals surface area contributed by atoms with Crippen molar-refractivity contribution in [2.75, 3.05) is 0 Å². The monoisotopic (exact) mass is 240 g/mol. The molecule has 0 saturated carbocycles. The fraction of sp³-hybridized carbons (Fsp3) is 0.500. The number of nitrogens with zero attached hydrogens (tertiary/aromatic N) is 1. The maximum atomic E-state index is 11.6. The van der Waals surface area contributed by atoms with Crippen LogP contribution < -0.4 is 16.5 Å². The van der Waals surface area contributed by atoms with Crippen molar-refractivity contribution in [1.82, 2.24) is 10.7 Å². The number of primary amides is 1. The van der Waals surface area contributed by atoms with E-state index in [0.717, 1.165) is 0 Å². The van der Waals surface area contributed by atoms with Crippen molar-refractivity contribution < 1.29 is 14.7 Å². The maximum absolute atomic E-state index is 11.6. The molecule has 1 heterocycles. The molecule has 17 heavy (non-hydrogen) atoms. The van der Waals surface area contributed by atoms with Crippen LogP contribution in [0.25, 0.3) is 0 Å². The quantitative estimate of drug-likeness (QED) is 0.410. The number of aliphatic hydroxyl groups is 1. The largest absolute Gasteiger partial charge is 0.509 e. The van der Waals surface area contributed by atoms with Gasteiger partial charge in [-0.3, -0.25) is 4.79 Å². The van der Waals surface area contributed by atoms with E-state index in [2.05, 4.69) is 10.4 Å². The lowest BCUT2D eigenvalue weighted by Gasteiger charge is -2.14. The fourth-order valence-electron chi connectivity index (χ4n) is 1.58. The summed E-state index contributed by atoms with van der Waals surface area (Å²) in [6.45, 7) is 5.25. The Bertz CT molecular complexity index is 412. The Hall–Kier alpha value is -2.05. The van der Waals surface area contributed by atoms with Crippen molar-refractivity contribution in [3.05, 3.63) is 11.3 Å². The summed E-state index contributed by atoms with van der Waals surface area (Å²) < 4.78 is 0. The van der Waals surface area contributed by atoms with Crippen LogP contribution >= 0.6 is 0 Å². The van der Waals surface area contributed by atoms with Crippen LogP contribution in [0.5, 0.6) is 0 Å². The molecule has 0 aromatic heterocycles. The molecule has 1 aliphatic heterocycles. The van der Waals surface area contributed by atoms with Gasteiger partial charge in [-0.05, 0) is 12.8 Å². The van der Waals surface area contributed by atoms with Gasteiger partial charge in [0.25, 0.3) is 5.91 Å². The molecule has 7 heteroatoms. The SMILES string of the molecule is C/C(=N/NC(N)=O)C1=C(O)[C@@H](C(C)C)NC1=O. The van der Waals surface area contributed by atoms with E-state index in [1.165, 1.54) is 6.92 Å². The number of rotatable bonds is 3. The molecule has 0 aromatic carbocycles. The fourth-order valence-corrected chi connectivity index (χ4v) is 1.58. The van der Waals surface area contributed by atoms with Crippen LogP contribution in [0.3, 0.4) is 0 Å². The van der Waals surface area contributed by atoms with E-state index in [1.807, 2.05) is 19.3 Å². The molecule has 94 valence electrons. The predicted octanol–water partition coefficient (Wildman–Crippen LogP) is -0.00290. The van der Waals surface area contributed by atoms with Gasteiger partial charge < -0.3 is 16.2 Å². The van der Waals surface area contributed by atoms with Crippen LogP contribution in [-0.2, 0) is 4.79 Å². The van der Waals surface area contributed by atoms with E-state index in [0.29, 0.717) is 0 Å². The number of hydrazone groups is 1. The minimum Gasteiger partial charge on any atom is -0.509 e. The first kappa shape index (κ1) is 13.0. The molecule has 1 atom stereocenters. The number of nitrogens with two attached hydrogens (primary N) is 1. The number of urea groups is 1. The molecule has 3 amide bonds. The Morgan fingerprint density at radius 1 is 1.59 bits per heavy atom. The van der Waals surface area contributed by atoms with Gasteiger partial charge in [-0.15, -0.1) is 0 Å². The van der Waals surface area contributed by atoms with Gasteiger partial charge in [0.15, 0.2) is 0 Å². The second-order valence-electron chi connectivity index (χ2n) is 4.13. The molecular weight excluding hydrogens is 224 g/mol. The third-order valence-corrected chi connectivity index (χ3v) is 2.43. The van der Waals surface area contributed by atoms with Gasteiger partial charge in [0.1, 0.15) is 11.3 Å². The van der Waals surface area contributed by atoms with Crippen molar-refractivity contribution in [1.29, 1.82) is 0 Å². The molecule has 7 nitrogen and oxygen atoms in total. The Kier molecular flexibility index (Phi) is 3.72. The summed E-state index contributed by atoms with van der Waals surface area (Å²) in [5.41, 5.74) is 7.15. The minimum absolute atomic E-state index is 0.0579. The summed E-state index contributed by atoms with van der Waals surface area (Å²) in [7, 11) is 0. The summed E-state index contributed by atoms with van der Waals surface area (Å²) in [6.07, 6.45) is 0. The van der Waals surface area contributed by atoms with E-state index >= 15 is 0 Å². The summed E-state index contributed by atoms with van der Waals surface area (Å²) in [5, 5.41) is 16.1. The van der Waals surface area contributed by atoms with Gasteiger partial charge in [0.2, 0.25) is 0 Å². The smallest absolute Gasteiger partial charge is 0.332 e. The van der Waals surface area contributed by atoms with Gasteiger partial charge in [-0.1, -0.05) is 13.8 Å². The van der Waals surface area contributed by atoms with Crippen LogP contribution in [0.1, 0.15) is 20.8 Å². The number of carbonyl (C=O) groups is 2. The Morgan fingerprint density at radius 3 is 2.59 bits per heavy atom. The second kappa shape index (κ2) is 4.86. The van der Waals surface area contributed by atoms with E-state index < -0.39 is 18.0 Å². The van der Waals surface area contributed by atoms with Crippen molar-refractivity contribution in [3.8, 4) is 0 Å². The van der Waals surface area contributed by atoms with Crippen molar-refractivity contribution in [2.45, 2.75) is 26.8 Å². The first-order valence-electron chi connectivity index (χ1n) is 5.18. The lowest BCUT2D eigenvalue weighted by Crippen LogP contribution is -2.33. The highest BCUT2D eigenvalue weighted by Crippen LogP contribution is 2.21. The minimum atomic E-state index is -0.830. The highest BCUT2D eigenvalue weighted by atomic mass is 16.3. The number of amides is 3. The molecule has 0 aliphatic carbocycles. The highest BCUT2D eigenvalue weighted by Gasteiger charge is 2.34. The van der Waals surface area contributed by atoms with E-state index in [9.17, 15) is 14.7 Å². The van der Waals surface area contributed by atoms with Crippen LogP contribution in [-0.4, -0.2) is 28.8 Å². The topological polar surface area (TPSA) is 117 Å². The summed E-state index contributed by atoms with van der Waals surface area (Å²) in [6, 6.07) is -1.25. The molecule has 0 bridgehead atoms. The van der Waals surface area contributed by atoms with Crippen LogP contribution in [0.2, 0.25) is 0 Å². The molecule has 5 N–H and O–H groups in total. The zero-order valence-electron chi connectivity index (χ0n) is 9.94. The molecular formula is C10H16N4O3. The molecule has 0 radical (unpaired) electrons. The normalized spacial score (nSPS) is 20.8. The third-order valence-electron chi connectivity index (χ3n) is 2.43. The number of hydrogen-bond donors (Lipinski definition) is 4. The first-order valence-corrected chi connectivity index (χ1v) is 5.18. The molecule has 1 rings (SSSR count). The highest BCUT2D eigenvalue weighted by molar-refractivity contribution is 6.22. The molecule has 0 fully saturated rings. The Balaban J connectivity index is 2.99. The number of aliphatic hydroxyl groups excluding tert-OH is 1. The van der Waals surface area contributed by atoms with Crippen LogP contribution in [0.4, 0.5) is 4.79 Å². The first-order chi connectivity index (χ1) is 7.84. The average molecular weight is 240 g/mol. The number of nitrogens with one attached hydrogen (secondary N) is 2. The lowest BCUT2D eigenvalue weighted by atomic mass is 10.0. The van der Waals surface area contributed by atoms with E-state index in [4.69, 9.17) is 5.73 Å². The zero-order chi connectivity index (χ0) is 13.2. The Labute approximate surface area is 98.8 Å². The second-order valence-corrected chi connectivity index (χ2v) is 4.13. The van der Waals surface area contributed by atoms with Crippen LogP contribution in [0.15, 0.2) is 16.4 Å². The van der Waals surface area contributed by atoms with E-state index in [1.54, 1.807) is 0 Å². The molecule has 0 spiro atoms. The van der Waals surface area contributed by atoms with Gasteiger partial charge in [0, 0.05) is 0 Å². The van der Waals surface area contributed by atoms with Crippen LogP contribution in [0, 0.1) is 5.92 Å². The molecule has 1 aliphatic rings. The number of carbonyl (C=O) groups excluding carboxylic acids is 2. The number of hydrogen-bond acceptors (Lipinski definition) is 4. The summed E-state index contributed by atoms with van der Waals surface area (Å²) in [5.74, 6) is -0.403. The third kappa shape index (κ3) is 2.74.